The first-order chi connectivity index (χ1) is 12.6. The number of rotatable bonds is 3. The topological polar surface area (TPSA) is 76.0 Å². The minimum atomic E-state index is -1.54. The first-order valence-electron chi connectivity index (χ1n) is 8.23. The lowest BCUT2D eigenvalue weighted by atomic mass is 9.76. The third-order valence-electron chi connectivity index (χ3n) is 4.96. The molecule has 6 heteroatoms. The van der Waals surface area contributed by atoms with Gasteiger partial charge in [-0.15, -0.1) is 0 Å². The maximum absolute atomic E-state index is 13.2. The molecule has 0 aliphatic carbocycles. The Hall–Kier alpha value is -3.28. The number of anilines is 1. The predicted molar refractivity (Wildman–Crippen MR) is 94.5 cm³/mol. The van der Waals surface area contributed by atoms with E-state index < -0.39 is 29.3 Å². The summed E-state index contributed by atoms with van der Waals surface area (Å²) in [4.78, 5) is 44.4. The van der Waals surface area contributed by atoms with Gasteiger partial charge in [-0.3, -0.25) is 14.6 Å². The van der Waals surface area contributed by atoms with Crippen LogP contribution >= 0.6 is 0 Å². The third-order valence-corrected chi connectivity index (χ3v) is 4.96. The number of nitrogens with zero attached hydrogens (tertiary/aromatic N) is 2. The van der Waals surface area contributed by atoms with Gasteiger partial charge in [-0.05, 0) is 17.7 Å². The van der Waals surface area contributed by atoms with Crippen LogP contribution in [0.25, 0.3) is 0 Å². The van der Waals surface area contributed by atoms with Crippen LogP contribution in [-0.4, -0.2) is 31.1 Å². The van der Waals surface area contributed by atoms with Gasteiger partial charge < -0.3 is 4.74 Å². The fourth-order valence-corrected chi connectivity index (χ4v) is 3.79. The number of hydrogen-bond acceptors (Lipinski definition) is 5. The van der Waals surface area contributed by atoms with E-state index >= 15 is 0 Å². The number of esters is 1. The van der Waals surface area contributed by atoms with Gasteiger partial charge in [0.15, 0.2) is 5.54 Å². The molecule has 0 saturated carbocycles. The van der Waals surface area contributed by atoms with Gasteiger partial charge in [0.25, 0.3) is 0 Å². The molecule has 0 spiro atoms. The minimum absolute atomic E-state index is 0.378. The summed E-state index contributed by atoms with van der Waals surface area (Å²) in [5, 5.41) is 0. The van der Waals surface area contributed by atoms with Gasteiger partial charge in [0, 0.05) is 6.21 Å². The molecule has 26 heavy (non-hydrogen) atoms. The van der Waals surface area contributed by atoms with Crippen molar-refractivity contribution in [3.63, 3.8) is 0 Å². The zero-order valence-corrected chi connectivity index (χ0v) is 14.0. The van der Waals surface area contributed by atoms with Crippen molar-refractivity contribution >= 4 is 29.7 Å². The number of para-hydroxylation sites is 1. The molecule has 6 nitrogen and oxygen atoms in total. The number of carbonyl (C=O) groups is 3. The highest BCUT2D eigenvalue weighted by molar-refractivity contribution is 6.28. The molecule has 3 atom stereocenters. The van der Waals surface area contributed by atoms with E-state index in [4.69, 9.17) is 4.74 Å². The minimum Gasteiger partial charge on any atom is -0.467 e. The van der Waals surface area contributed by atoms with Crippen LogP contribution in [-0.2, 0) is 24.7 Å². The fourth-order valence-electron chi connectivity index (χ4n) is 3.79. The molecule has 0 unspecified atom stereocenters. The summed E-state index contributed by atoms with van der Waals surface area (Å²) in [5.41, 5.74) is -0.527. The monoisotopic (exact) mass is 348 g/mol. The number of aliphatic imine (C=N–C) groups is 1. The van der Waals surface area contributed by atoms with Crippen LogP contribution in [0.2, 0.25) is 0 Å². The highest BCUT2D eigenvalue weighted by atomic mass is 16.5. The molecule has 0 N–H and O–H groups in total. The van der Waals surface area contributed by atoms with Crippen molar-refractivity contribution in [2.24, 2.45) is 16.8 Å². The smallest absolute Gasteiger partial charge is 0.339 e. The molecule has 2 aromatic carbocycles. The predicted octanol–water partition coefficient (Wildman–Crippen LogP) is 1.95. The van der Waals surface area contributed by atoms with Crippen LogP contribution < -0.4 is 4.90 Å². The number of hydrogen-bond donors (Lipinski definition) is 0. The van der Waals surface area contributed by atoms with Crippen molar-refractivity contribution in [3.8, 4) is 0 Å². The van der Waals surface area contributed by atoms with Crippen molar-refractivity contribution in [1.29, 1.82) is 0 Å². The van der Waals surface area contributed by atoms with E-state index in [1.807, 2.05) is 6.07 Å². The number of ether oxygens (including phenoxy) is 1. The van der Waals surface area contributed by atoms with Gasteiger partial charge in [-0.1, -0.05) is 48.5 Å². The van der Waals surface area contributed by atoms with Gasteiger partial charge in [0.05, 0.1) is 24.6 Å². The molecule has 2 amide bonds. The van der Waals surface area contributed by atoms with Crippen molar-refractivity contribution in [1.82, 2.24) is 0 Å². The highest BCUT2D eigenvalue weighted by Gasteiger charge is 2.65. The van der Waals surface area contributed by atoms with E-state index in [0.717, 1.165) is 4.90 Å². The second-order valence-electron chi connectivity index (χ2n) is 6.25. The second-order valence-corrected chi connectivity index (χ2v) is 6.25. The molecule has 0 radical (unpaired) electrons. The normalized spacial score (nSPS) is 26.9. The summed E-state index contributed by atoms with van der Waals surface area (Å²) in [5.74, 6) is -3.22. The lowest BCUT2D eigenvalue weighted by Crippen LogP contribution is -2.45. The SMILES string of the molecule is COC(=O)[C@]1(c2ccccc2)N=C[C@@H]2C(=O)N(c3ccccc3)C(=O)[C@@H]21. The van der Waals surface area contributed by atoms with Crippen LogP contribution in [0.4, 0.5) is 5.69 Å². The number of amides is 2. The molecular formula is C20H16N2O4. The van der Waals surface area contributed by atoms with E-state index in [9.17, 15) is 14.4 Å². The highest BCUT2D eigenvalue weighted by Crippen LogP contribution is 2.48. The number of carbonyl (C=O) groups excluding carboxylic acids is 3. The Bertz CT molecular complexity index is 910. The average molecular weight is 348 g/mol. The Kier molecular flexibility index (Phi) is 3.68. The molecule has 2 aliphatic heterocycles. The maximum Gasteiger partial charge on any atom is 0.339 e. The van der Waals surface area contributed by atoms with E-state index in [1.54, 1.807) is 54.6 Å². The third kappa shape index (κ3) is 2.05. The zero-order valence-electron chi connectivity index (χ0n) is 14.0. The molecule has 2 aromatic rings. The van der Waals surface area contributed by atoms with E-state index in [2.05, 4.69) is 4.99 Å². The molecule has 1 saturated heterocycles. The summed E-state index contributed by atoms with van der Waals surface area (Å²) in [6.45, 7) is 0. The second kappa shape index (κ2) is 5.91. The van der Waals surface area contributed by atoms with Gasteiger partial charge in [0.2, 0.25) is 11.8 Å². The van der Waals surface area contributed by atoms with E-state index in [1.165, 1.54) is 13.3 Å². The molecule has 4 rings (SSSR count). The standard InChI is InChI=1S/C20H16N2O4/c1-26-19(25)20(13-8-4-2-5-9-13)16-15(12-21-20)17(23)22(18(16)24)14-10-6-3-7-11-14/h2-12,15-16H,1H3/t15-,16+,20+/m0/s1. The van der Waals surface area contributed by atoms with E-state index in [-0.39, 0.29) is 5.91 Å². The quantitative estimate of drug-likeness (QED) is 0.627. The Morgan fingerprint density at radius 1 is 1.00 bits per heavy atom. The van der Waals surface area contributed by atoms with Crippen LogP contribution in [0.15, 0.2) is 65.7 Å². The van der Waals surface area contributed by atoms with E-state index in [0.29, 0.717) is 11.3 Å². The number of benzene rings is 2. The lowest BCUT2D eigenvalue weighted by Gasteiger charge is -2.29. The lowest BCUT2D eigenvalue weighted by molar-refractivity contribution is -0.151. The molecule has 1 fully saturated rings. The van der Waals surface area contributed by atoms with Crippen molar-refractivity contribution < 1.29 is 19.1 Å². The van der Waals surface area contributed by atoms with Gasteiger partial charge in [-0.2, -0.15) is 0 Å². The maximum atomic E-state index is 13.2. The molecule has 0 aromatic heterocycles. The number of fused-ring (bicyclic) bond motifs is 1. The molecule has 130 valence electrons. The van der Waals surface area contributed by atoms with Crippen LogP contribution in [0.5, 0.6) is 0 Å². The summed E-state index contributed by atoms with van der Waals surface area (Å²) >= 11 is 0. The Morgan fingerprint density at radius 3 is 2.23 bits per heavy atom. The summed E-state index contributed by atoms with van der Waals surface area (Å²) < 4.78 is 4.99. The van der Waals surface area contributed by atoms with Crippen LogP contribution in [0.1, 0.15) is 5.56 Å². The van der Waals surface area contributed by atoms with Crippen LogP contribution in [0, 0.1) is 11.8 Å². The fraction of sp³-hybridized carbons (Fsp3) is 0.200. The molecule has 0 bridgehead atoms. The van der Waals surface area contributed by atoms with Gasteiger partial charge in [-0.25, -0.2) is 9.69 Å². The van der Waals surface area contributed by atoms with Crippen molar-refractivity contribution in [2.75, 3.05) is 12.0 Å². The molecular weight excluding hydrogens is 332 g/mol. The van der Waals surface area contributed by atoms with Crippen LogP contribution in [0.3, 0.4) is 0 Å². The Labute approximate surface area is 150 Å². The summed E-state index contributed by atoms with van der Waals surface area (Å²) in [7, 11) is 1.26. The van der Waals surface area contributed by atoms with Crippen molar-refractivity contribution in [2.45, 2.75) is 5.54 Å². The molecule has 2 heterocycles. The summed E-state index contributed by atoms with van der Waals surface area (Å²) in [6.07, 6.45) is 1.41. The Morgan fingerprint density at radius 2 is 1.62 bits per heavy atom. The zero-order chi connectivity index (χ0) is 18.3. The summed E-state index contributed by atoms with van der Waals surface area (Å²) in [6, 6.07) is 17.5. The molecule has 2 aliphatic rings. The first kappa shape index (κ1) is 16.2. The first-order valence-corrected chi connectivity index (χ1v) is 8.23. The van der Waals surface area contributed by atoms with Crippen molar-refractivity contribution in [3.05, 3.63) is 66.2 Å². The van der Waals surface area contributed by atoms with Gasteiger partial charge >= 0.3 is 5.97 Å². The van der Waals surface area contributed by atoms with Gasteiger partial charge in [0.1, 0.15) is 0 Å². The number of imide groups is 1. The number of methoxy groups -OCH3 is 1. The largest absolute Gasteiger partial charge is 0.467 e. The Balaban J connectivity index is 1.86. The average Bonchev–Trinajstić information content (AvgIpc) is 3.20.